The highest BCUT2D eigenvalue weighted by Crippen LogP contribution is 2.26. The molecule has 0 radical (unpaired) electrons. The summed E-state index contributed by atoms with van der Waals surface area (Å²) >= 11 is 6.79. The summed E-state index contributed by atoms with van der Waals surface area (Å²) in [6, 6.07) is 2.60. The lowest BCUT2D eigenvalue weighted by Gasteiger charge is -2.25. The molecule has 4 nitrogen and oxygen atoms in total. The van der Waals surface area contributed by atoms with Crippen LogP contribution in [-0.2, 0) is 10.0 Å². The third-order valence-corrected chi connectivity index (χ3v) is 6.42. The van der Waals surface area contributed by atoms with E-state index in [2.05, 4.69) is 18.6 Å². The summed E-state index contributed by atoms with van der Waals surface area (Å²) in [4.78, 5) is 0. The SMILES string of the molecule is CCCC(CCC)[C@@H](CO)NS(=O)(=O)c1ccc(Cl)s1. The van der Waals surface area contributed by atoms with Crippen LogP contribution in [0.2, 0.25) is 4.34 Å². The lowest BCUT2D eigenvalue weighted by Crippen LogP contribution is -2.42. The standard InChI is InChI=1S/C13H22ClNO3S2/c1-3-5-10(6-4-2)11(9-16)15-20(17,18)13-8-7-12(14)19-13/h7-8,10-11,15-16H,3-6,9H2,1-2H3/t11-/m1/s1. The molecule has 0 saturated heterocycles. The van der Waals surface area contributed by atoms with Crippen molar-refractivity contribution in [2.24, 2.45) is 5.92 Å². The zero-order valence-corrected chi connectivity index (χ0v) is 14.2. The van der Waals surface area contributed by atoms with Crippen LogP contribution in [0.3, 0.4) is 0 Å². The Morgan fingerprint density at radius 1 is 1.30 bits per heavy atom. The van der Waals surface area contributed by atoms with Crippen LogP contribution in [0.15, 0.2) is 16.3 Å². The molecule has 7 heteroatoms. The van der Waals surface area contributed by atoms with Crippen LogP contribution in [-0.4, -0.2) is 26.2 Å². The van der Waals surface area contributed by atoms with E-state index < -0.39 is 16.1 Å². The second-order valence-electron chi connectivity index (χ2n) is 4.81. The quantitative estimate of drug-likeness (QED) is 0.725. The Morgan fingerprint density at radius 3 is 2.30 bits per heavy atom. The highest BCUT2D eigenvalue weighted by Gasteiger charge is 2.26. The van der Waals surface area contributed by atoms with Gasteiger partial charge in [-0.3, -0.25) is 0 Å². The van der Waals surface area contributed by atoms with E-state index in [-0.39, 0.29) is 16.7 Å². The Labute approximate surface area is 130 Å². The average Bonchev–Trinajstić information content (AvgIpc) is 2.83. The van der Waals surface area contributed by atoms with Gasteiger partial charge in [-0.05, 0) is 30.9 Å². The second kappa shape index (κ2) is 8.34. The van der Waals surface area contributed by atoms with Crippen LogP contribution >= 0.6 is 22.9 Å². The van der Waals surface area contributed by atoms with Crippen LogP contribution in [0.1, 0.15) is 39.5 Å². The average molecular weight is 340 g/mol. The molecule has 20 heavy (non-hydrogen) atoms. The van der Waals surface area contributed by atoms with Crippen LogP contribution in [0.4, 0.5) is 0 Å². The summed E-state index contributed by atoms with van der Waals surface area (Å²) in [5, 5.41) is 9.52. The maximum Gasteiger partial charge on any atom is 0.250 e. The van der Waals surface area contributed by atoms with Crippen molar-refractivity contribution in [3.05, 3.63) is 16.5 Å². The highest BCUT2D eigenvalue weighted by molar-refractivity contribution is 7.91. The van der Waals surface area contributed by atoms with E-state index in [0.717, 1.165) is 37.0 Å². The summed E-state index contributed by atoms with van der Waals surface area (Å²) in [5.74, 6) is 0.153. The minimum Gasteiger partial charge on any atom is -0.395 e. The molecular formula is C13H22ClNO3S2. The molecule has 1 heterocycles. The van der Waals surface area contributed by atoms with E-state index in [4.69, 9.17) is 11.6 Å². The molecule has 2 N–H and O–H groups in total. The van der Waals surface area contributed by atoms with Gasteiger partial charge >= 0.3 is 0 Å². The molecule has 0 aliphatic rings. The molecule has 0 aliphatic heterocycles. The molecule has 0 unspecified atom stereocenters. The summed E-state index contributed by atoms with van der Waals surface area (Å²) in [6.07, 6.45) is 3.72. The van der Waals surface area contributed by atoms with Crippen molar-refractivity contribution >= 4 is 33.0 Å². The number of sulfonamides is 1. The normalized spacial score (nSPS) is 13.8. The first kappa shape index (κ1) is 17.9. The Bertz CT molecular complexity index is 495. The zero-order chi connectivity index (χ0) is 15.2. The molecule has 0 saturated carbocycles. The second-order valence-corrected chi connectivity index (χ2v) is 8.46. The van der Waals surface area contributed by atoms with Gasteiger partial charge in [-0.25, -0.2) is 13.1 Å². The van der Waals surface area contributed by atoms with Crippen molar-refractivity contribution in [3.63, 3.8) is 0 Å². The fraction of sp³-hybridized carbons (Fsp3) is 0.692. The first-order valence-corrected chi connectivity index (χ1v) is 9.50. The molecule has 1 rings (SSSR count). The molecule has 0 bridgehead atoms. The summed E-state index contributed by atoms with van der Waals surface area (Å²) in [5.41, 5.74) is 0. The van der Waals surface area contributed by atoms with Crippen molar-refractivity contribution in [2.45, 2.75) is 49.8 Å². The van der Waals surface area contributed by atoms with Crippen molar-refractivity contribution in [1.82, 2.24) is 4.72 Å². The summed E-state index contributed by atoms with van der Waals surface area (Å²) in [7, 11) is -3.61. The molecule has 1 atom stereocenters. The number of nitrogens with one attached hydrogen (secondary N) is 1. The lowest BCUT2D eigenvalue weighted by atomic mass is 9.91. The van der Waals surface area contributed by atoms with E-state index in [9.17, 15) is 13.5 Å². The fourth-order valence-electron chi connectivity index (χ4n) is 2.27. The predicted molar refractivity (Wildman–Crippen MR) is 83.8 cm³/mol. The lowest BCUT2D eigenvalue weighted by molar-refractivity contribution is 0.202. The molecule has 0 aromatic carbocycles. The summed E-state index contributed by atoms with van der Waals surface area (Å²) in [6.45, 7) is 3.93. The number of halogens is 1. The van der Waals surface area contributed by atoms with Gasteiger partial charge in [-0.2, -0.15) is 0 Å². The first-order chi connectivity index (χ1) is 9.44. The monoisotopic (exact) mass is 339 g/mol. The van der Waals surface area contributed by atoms with E-state index >= 15 is 0 Å². The fourth-order valence-corrected chi connectivity index (χ4v) is 5.07. The van der Waals surface area contributed by atoms with Gasteiger partial charge < -0.3 is 5.11 Å². The zero-order valence-electron chi connectivity index (χ0n) is 11.8. The van der Waals surface area contributed by atoms with Crippen LogP contribution in [0, 0.1) is 5.92 Å². The van der Waals surface area contributed by atoms with Crippen LogP contribution in [0.5, 0.6) is 0 Å². The Morgan fingerprint density at radius 2 is 1.90 bits per heavy atom. The molecule has 0 aliphatic carbocycles. The number of thiophene rings is 1. The third kappa shape index (κ3) is 5.00. The molecule has 0 spiro atoms. The Balaban J connectivity index is 2.85. The van der Waals surface area contributed by atoms with Gasteiger partial charge in [0.2, 0.25) is 10.0 Å². The Kier molecular flexibility index (Phi) is 7.47. The van der Waals surface area contributed by atoms with E-state index in [1.807, 2.05) is 0 Å². The molecule has 0 fully saturated rings. The maximum absolute atomic E-state index is 12.3. The minimum atomic E-state index is -3.61. The van der Waals surface area contributed by atoms with Gasteiger partial charge in [0.15, 0.2) is 0 Å². The Hall–Kier alpha value is -0.140. The van der Waals surface area contributed by atoms with Gasteiger partial charge in [-0.15, -0.1) is 11.3 Å². The van der Waals surface area contributed by atoms with Crippen LogP contribution in [0.25, 0.3) is 0 Å². The largest absolute Gasteiger partial charge is 0.395 e. The molecule has 1 aromatic rings. The van der Waals surface area contributed by atoms with Crippen molar-refractivity contribution in [3.8, 4) is 0 Å². The van der Waals surface area contributed by atoms with Gasteiger partial charge in [0, 0.05) is 6.04 Å². The van der Waals surface area contributed by atoms with Crippen molar-refractivity contribution < 1.29 is 13.5 Å². The van der Waals surface area contributed by atoms with Gasteiger partial charge in [-0.1, -0.05) is 38.3 Å². The van der Waals surface area contributed by atoms with Gasteiger partial charge in [0.1, 0.15) is 4.21 Å². The number of aliphatic hydroxyl groups excluding tert-OH is 1. The van der Waals surface area contributed by atoms with Gasteiger partial charge in [0.25, 0.3) is 0 Å². The number of aliphatic hydroxyl groups is 1. The molecule has 1 aromatic heterocycles. The number of hydrogen-bond acceptors (Lipinski definition) is 4. The number of hydrogen-bond donors (Lipinski definition) is 2. The van der Waals surface area contributed by atoms with Crippen molar-refractivity contribution in [2.75, 3.05) is 6.61 Å². The third-order valence-electron chi connectivity index (χ3n) is 3.20. The molecule has 116 valence electrons. The van der Waals surface area contributed by atoms with E-state index in [0.29, 0.717) is 4.34 Å². The topological polar surface area (TPSA) is 66.4 Å². The highest BCUT2D eigenvalue weighted by atomic mass is 35.5. The predicted octanol–water partition coefficient (Wildman–Crippen LogP) is 3.26. The smallest absolute Gasteiger partial charge is 0.250 e. The van der Waals surface area contributed by atoms with Gasteiger partial charge in [0.05, 0.1) is 10.9 Å². The number of rotatable bonds is 9. The van der Waals surface area contributed by atoms with Crippen molar-refractivity contribution in [1.29, 1.82) is 0 Å². The maximum atomic E-state index is 12.3. The molecule has 0 amide bonds. The minimum absolute atomic E-state index is 0.153. The van der Waals surface area contributed by atoms with E-state index in [1.165, 1.54) is 6.07 Å². The van der Waals surface area contributed by atoms with Crippen LogP contribution < -0.4 is 4.72 Å². The molecular weight excluding hydrogens is 318 g/mol. The van der Waals surface area contributed by atoms with E-state index in [1.54, 1.807) is 6.07 Å². The summed E-state index contributed by atoms with van der Waals surface area (Å²) < 4.78 is 27.8. The first-order valence-electron chi connectivity index (χ1n) is 6.83.